The van der Waals surface area contributed by atoms with Crippen molar-refractivity contribution in [2.24, 2.45) is 0 Å². The third-order valence-corrected chi connectivity index (χ3v) is 4.92. The Hall–Kier alpha value is -1.84. The maximum Gasteiger partial charge on any atom is 0.249 e. The van der Waals surface area contributed by atoms with Crippen LogP contribution in [0, 0.1) is 0 Å². The Morgan fingerprint density at radius 3 is 2.43 bits per heavy atom. The fourth-order valence-electron chi connectivity index (χ4n) is 3.15. The second kappa shape index (κ2) is 5.17. The first kappa shape index (κ1) is 14.1. The van der Waals surface area contributed by atoms with E-state index < -0.39 is 11.6 Å². The normalized spacial score (nSPS) is 30.0. The maximum absolute atomic E-state index is 13.0. The molecule has 112 valence electrons. The number of carbonyl (C=O) groups is 2. The SMILES string of the molecule is CCC1(C)NC(=O)C(c2ccccc2)N(C2CCC2)C1=O. The molecule has 0 aromatic heterocycles. The highest BCUT2D eigenvalue weighted by atomic mass is 16.2. The van der Waals surface area contributed by atoms with Crippen LogP contribution in [0.2, 0.25) is 0 Å². The predicted molar refractivity (Wildman–Crippen MR) is 80.5 cm³/mol. The molecule has 1 N–H and O–H groups in total. The van der Waals surface area contributed by atoms with Gasteiger partial charge >= 0.3 is 0 Å². The van der Waals surface area contributed by atoms with Gasteiger partial charge in [0.15, 0.2) is 0 Å². The van der Waals surface area contributed by atoms with Crippen molar-refractivity contribution in [2.45, 2.75) is 57.2 Å². The second-order valence-corrected chi connectivity index (χ2v) is 6.29. The molecule has 4 nitrogen and oxygen atoms in total. The molecule has 3 rings (SSSR count). The average molecular weight is 286 g/mol. The maximum atomic E-state index is 13.0. The summed E-state index contributed by atoms with van der Waals surface area (Å²) >= 11 is 0. The zero-order chi connectivity index (χ0) is 15.0. The van der Waals surface area contributed by atoms with E-state index in [0.29, 0.717) is 6.42 Å². The van der Waals surface area contributed by atoms with Crippen LogP contribution in [-0.2, 0) is 9.59 Å². The Labute approximate surface area is 125 Å². The Morgan fingerprint density at radius 1 is 1.24 bits per heavy atom. The summed E-state index contributed by atoms with van der Waals surface area (Å²) in [5.74, 6) is 0.000188. The highest BCUT2D eigenvalue weighted by Gasteiger charge is 2.50. The number of carbonyl (C=O) groups excluding carboxylic acids is 2. The van der Waals surface area contributed by atoms with Crippen molar-refractivity contribution in [1.82, 2.24) is 10.2 Å². The van der Waals surface area contributed by atoms with Crippen LogP contribution < -0.4 is 5.32 Å². The zero-order valence-electron chi connectivity index (χ0n) is 12.6. The molecule has 2 aliphatic rings. The van der Waals surface area contributed by atoms with Gasteiger partial charge in [0.05, 0.1) is 0 Å². The average Bonchev–Trinajstić information content (AvgIpc) is 2.43. The topological polar surface area (TPSA) is 49.4 Å². The van der Waals surface area contributed by atoms with Crippen LogP contribution in [0.3, 0.4) is 0 Å². The van der Waals surface area contributed by atoms with Crippen LogP contribution in [0.25, 0.3) is 0 Å². The lowest BCUT2D eigenvalue weighted by Gasteiger charge is -2.50. The fourth-order valence-corrected chi connectivity index (χ4v) is 3.15. The van der Waals surface area contributed by atoms with E-state index in [-0.39, 0.29) is 17.9 Å². The van der Waals surface area contributed by atoms with Gasteiger partial charge in [-0.1, -0.05) is 37.3 Å². The van der Waals surface area contributed by atoms with Gasteiger partial charge in [-0.3, -0.25) is 9.59 Å². The number of rotatable bonds is 3. The molecule has 21 heavy (non-hydrogen) atoms. The summed E-state index contributed by atoms with van der Waals surface area (Å²) in [6, 6.07) is 9.34. The van der Waals surface area contributed by atoms with Gasteiger partial charge < -0.3 is 10.2 Å². The van der Waals surface area contributed by atoms with Crippen molar-refractivity contribution in [3.8, 4) is 0 Å². The number of amides is 2. The smallest absolute Gasteiger partial charge is 0.249 e. The summed E-state index contributed by atoms with van der Waals surface area (Å²) < 4.78 is 0. The highest BCUT2D eigenvalue weighted by Crippen LogP contribution is 2.38. The fraction of sp³-hybridized carbons (Fsp3) is 0.529. The lowest BCUT2D eigenvalue weighted by atomic mass is 9.83. The third-order valence-electron chi connectivity index (χ3n) is 4.92. The summed E-state index contributed by atoms with van der Waals surface area (Å²) in [7, 11) is 0. The van der Waals surface area contributed by atoms with Gasteiger partial charge in [-0.2, -0.15) is 0 Å². The third kappa shape index (κ3) is 2.23. The Kier molecular flexibility index (Phi) is 3.47. The quantitative estimate of drug-likeness (QED) is 0.927. The number of nitrogens with one attached hydrogen (secondary N) is 1. The van der Waals surface area contributed by atoms with E-state index in [0.717, 1.165) is 24.8 Å². The molecule has 0 bridgehead atoms. The Bertz CT molecular complexity index is 553. The van der Waals surface area contributed by atoms with Crippen molar-refractivity contribution in [2.75, 3.05) is 0 Å². The van der Waals surface area contributed by atoms with E-state index in [1.165, 1.54) is 0 Å². The molecule has 2 atom stereocenters. The van der Waals surface area contributed by atoms with E-state index in [1.807, 2.05) is 49.1 Å². The van der Waals surface area contributed by atoms with Crippen molar-refractivity contribution >= 4 is 11.8 Å². The first-order valence-electron chi connectivity index (χ1n) is 7.76. The summed E-state index contributed by atoms with van der Waals surface area (Å²) in [5.41, 5.74) is 0.131. The van der Waals surface area contributed by atoms with Gasteiger partial charge in [0.25, 0.3) is 0 Å². The Balaban J connectivity index is 2.01. The second-order valence-electron chi connectivity index (χ2n) is 6.29. The largest absolute Gasteiger partial charge is 0.340 e. The first-order chi connectivity index (χ1) is 10.1. The molecule has 1 aromatic carbocycles. The van der Waals surface area contributed by atoms with Crippen LogP contribution in [0.15, 0.2) is 30.3 Å². The van der Waals surface area contributed by atoms with Crippen molar-refractivity contribution in [3.63, 3.8) is 0 Å². The van der Waals surface area contributed by atoms with Crippen molar-refractivity contribution < 1.29 is 9.59 Å². The number of hydrogen-bond acceptors (Lipinski definition) is 2. The van der Waals surface area contributed by atoms with Gasteiger partial charge in [-0.15, -0.1) is 0 Å². The minimum Gasteiger partial charge on any atom is -0.340 e. The van der Waals surface area contributed by atoms with E-state index in [2.05, 4.69) is 5.32 Å². The van der Waals surface area contributed by atoms with Gasteiger partial charge in [-0.25, -0.2) is 0 Å². The predicted octanol–water partition coefficient (Wildman–Crippen LogP) is 2.41. The molecule has 1 aromatic rings. The number of hydrogen-bond donors (Lipinski definition) is 1. The van der Waals surface area contributed by atoms with E-state index in [1.54, 1.807) is 0 Å². The first-order valence-corrected chi connectivity index (χ1v) is 7.76. The molecule has 0 radical (unpaired) electrons. The Morgan fingerprint density at radius 2 is 1.90 bits per heavy atom. The molecular formula is C17H22N2O2. The van der Waals surface area contributed by atoms with Crippen LogP contribution in [0.1, 0.15) is 51.1 Å². The lowest BCUT2D eigenvalue weighted by Crippen LogP contribution is -2.68. The summed E-state index contributed by atoms with van der Waals surface area (Å²) in [6.45, 7) is 3.78. The van der Waals surface area contributed by atoms with Crippen LogP contribution in [-0.4, -0.2) is 28.3 Å². The minimum atomic E-state index is -0.766. The molecular weight excluding hydrogens is 264 g/mol. The molecule has 1 heterocycles. The highest BCUT2D eigenvalue weighted by molar-refractivity contribution is 6.00. The standard InChI is InChI=1S/C17H22N2O2/c1-3-17(2)16(21)19(13-10-7-11-13)14(15(20)18-17)12-8-5-4-6-9-12/h4-6,8-9,13-14H,3,7,10-11H2,1-2H3,(H,18,20). The van der Waals surface area contributed by atoms with Gasteiger partial charge in [0.1, 0.15) is 11.6 Å². The van der Waals surface area contributed by atoms with Gasteiger partial charge in [0.2, 0.25) is 11.8 Å². The summed E-state index contributed by atoms with van der Waals surface area (Å²) in [4.78, 5) is 27.5. The van der Waals surface area contributed by atoms with E-state index in [4.69, 9.17) is 0 Å². The number of benzene rings is 1. The van der Waals surface area contributed by atoms with Crippen LogP contribution in [0.5, 0.6) is 0 Å². The van der Waals surface area contributed by atoms with Crippen LogP contribution in [0.4, 0.5) is 0 Å². The van der Waals surface area contributed by atoms with Crippen LogP contribution >= 0.6 is 0 Å². The molecule has 1 aliphatic heterocycles. The van der Waals surface area contributed by atoms with Crippen molar-refractivity contribution in [3.05, 3.63) is 35.9 Å². The number of piperazine rings is 1. The van der Waals surface area contributed by atoms with Gasteiger partial charge in [0, 0.05) is 6.04 Å². The molecule has 4 heteroatoms. The molecule has 2 unspecified atom stereocenters. The monoisotopic (exact) mass is 286 g/mol. The minimum absolute atomic E-state index is 0.0583. The molecule has 2 fully saturated rings. The zero-order valence-corrected chi connectivity index (χ0v) is 12.6. The van der Waals surface area contributed by atoms with E-state index in [9.17, 15) is 9.59 Å². The molecule has 1 saturated carbocycles. The van der Waals surface area contributed by atoms with Crippen molar-refractivity contribution in [1.29, 1.82) is 0 Å². The number of nitrogens with zero attached hydrogens (tertiary/aromatic N) is 1. The molecule has 1 aliphatic carbocycles. The molecule has 1 saturated heterocycles. The molecule has 0 spiro atoms. The molecule has 2 amide bonds. The summed E-state index contributed by atoms with van der Waals surface area (Å²) in [5, 5.41) is 2.94. The lowest BCUT2D eigenvalue weighted by molar-refractivity contribution is -0.160. The van der Waals surface area contributed by atoms with E-state index >= 15 is 0 Å². The summed E-state index contributed by atoms with van der Waals surface area (Å²) in [6.07, 6.45) is 3.76. The van der Waals surface area contributed by atoms with Gasteiger partial charge in [-0.05, 0) is 38.2 Å².